The van der Waals surface area contributed by atoms with Crippen LogP contribution in [0.2, 0.25) is 5.02 Å². The zero-order valence-electron chi connectivity index (χ0n) is 23.3. The Morgan fingerprint density at radius 1 is 1.08 bits per heavy atom. The number of nitrogens with zero attached hydrogens (tertiary/aromatic N) is 4. The summed E-state index contributed by atoms with van der Waals surface area (Å²) in [5.41, 5.74) is -0.0545. The van der Waals surface area contributed by atoms with Gasteiger partial charge in [-0.15, -0.1) is 0 Å². The molecular formula is C29H42ClN5O4. The number of piperazine rings is 1. The first-order valence-electron chi connectivity index (χ1n) is 14.4. The van der Waals surface area contributed by atoms with Crippen LogP contribution in [0.3, 0.4) is 0 Å². The first kappa shape index (κ1) is 28.2. The molecule has 4 fully saturated rings. The Morgan fingerprint density at radius 2 is 1.77 bits per heavy atom. The maximum Gasteiger partial charge on any atom is 0.248 e. The molecule has 4 aliphatic rings. The lowest BCUT2D eigenvalue weighted by Gasteiger charge is -2.47. The van der Waals surface area contributed by atoms with Crippen LogP contribution in [0.1, 0.15) is 45.4 Å². The number of amides is 3. The first-order valence-corrected chi connectivity index (χ1v) is 14.8. The molecule has 4 heterocycles. The molecule has 5 rings (SSSR count). The Balaban J connectivity index is 1.11. The fourth-order valence-electron chi connectivity index (χ4n) is 6.94. The van der Waals surface area contributed by atoms with E-state index in [0.717, 1.165) is 50.6 Å². The highest BCUT2D eigenvalue weighted by Gasteiger charge is 2.52. The number of anilines is 1. The monoisotopic (exact) mass is 559 g/mol. The summed E-state index contributed by atoms with van der Waals surface area (Å²) in [5.74, 6) is 0.0415. The number of hydrogen-bond donors (Lipinski definition) is 1. The first-order chi connectivity index (χ1) is 18.7. The lowest BCUT2D eigenvalue weighted by Crippen LogP contribution is -2.63. The molecule has 1 N–H and O–H groups in total. The van der Waals surface area contributed by atoms with Crippen LogP contribution in [0.5, 0.6) is 0 Å². The summed E-state index contributed by atoms with van der Waals surface area (Å²) >= 11 is 6.17. The van der Waals surface area contributed by atoms with Crippen LogP contribution in [0.25, 0.3) is 0 Å². The Bertz CT molecular complexity index is 1060. The third-order valence-electron chi connectivity index (χ3n) is 9.63. The summed E-state index contributed by atoms with van der Waals surface area (Å²) in [7, 11) is 1.73. The van der Waals surface area contributed by atoms with Crippen LogP contribution in [0, 0.1) is 5.41 Å². The SMILES string of the molecule is CC(=O)N(C)C1(C(=O)N2CCC3(CC2)C[C@H](CCN2CCN(c4cccc(Cl)c4)CC2)NC3=O)CCOCC1. The van der Waals surface area contributed by atoms with Gasteiger partial charge in [-0.1, -0.05) is 17.7 Å². The van der Waals surface area contributed by atoms with Gasteiger partial charge in [0.25, 0.3) is 0 Å². The molecule has 9 nitrogen and oxygen atoms in total. The Labute approximate surface area is 236 Å². The molecule has 0 bridgehead atoms. The molecule has 10 heteroatoms. The van der Waals surface area contributed by atoms with Gasteiger partial charge < -0.3 is 24.8 Å². The van der Waals surface area contributed by atoms with Crippen molar-refractivity contribution in [2.24, 2.45) is 5.41 Å². The van der Waals surface area contributed by atoms with Crippen molar-refractivity contribution in [3.05, 3.63) is 29.3 Å². The maximum atomic E-state index is 13.7. The zero-order valence-corrected chi connectivity index (χ0v) is 24.0. The van der Waals surface area contributed by atoms with E-state index in [1.54, 1.807) is 11.9 Å². The Hall–Kier alpha value is -2.36. The van der Waals surface area contributed by atoms with E-state index < -0.39 is 5.54 Å². The number of hydrogen-bond acceptors (Lipinski definition) is 6. The summed E-state index contributed by atoms with van der Waals surface area (Å²) in [6, 6.07) is 8.21. The van der Waals surface area contributed by atoms with Gasteiger partial charge in [-0.25, -0.2) is 0 Å². The molecule has 3 amide bonds. The minimum absolute atomic E-state index is 0.00483. The van der Waals surface area contributed by atoms with Crippen molar-refractivity contribution in [2.75, 3.05) is 71.0 Å². The predicted molar refractivity (Wildman–Crippen MR) is 151 cm³/mol. The lowest BCUT2D eigenvalue weighted by atomic mass is 9.75. The Morgan fingerprint density at radius 3 is 2.41 bits per heavy atom. The van der Waals surface area contributed by atoms with Crippen LogP contribution in [0.4, 0.5) is 5.69 Å². The maximum absolute atomic E-state index is 13.7. The van der Waals surface area contributed by atoms with Gasteiger partial charge in [-0.2, -0.15) is 0 Å². The molecule has 1 aromatic carbocycles. The van der Waals surface area contributed by atoms with Gasteiger partial charge in [0.05, 0.1) is 5.41 Å². The number of benzene rings is 1. The van der Waals surface area contributed by atoms with Gasteiger partial charge in [-0.05, 0) is 43.9 Å². The van der Waals surface area contributed by atoms with Crippen molar-refractivity contribution in [1.82, 2.24) is 20.0 Å². The highest BCUT2D eigenvalue weighted by atomic mass is 35.5. The number of ether oxygens (including phenoxy) is 1. The largest absolute Gasteiger partial charge is 0.381 e. The lowest BCUT2D eigenvalue weighted by molar-refractivity contribution is -0.160. The number of likely N-dealkylation sites (tertiary alicyclic amines) is 1. The van der Waals surface area contributed by atoms with Crippen molar-refractivity contribution in [2.45, 2.75) is 57.0 Å². The van der Waals surface area contributed by atoms with E-state index in [1.165, 1.54) is 12.6 Å². The molecule has 1 atom stereocenters. The molecule has 4 aliphatic heterocycles. The fraction of sp³-hybridized carbons (Fsp3) is 0.690. The van der Waals surface area contributed by atoms with Crippen LogP contribution in [0.15, 0.2) is 24.3 Å². The van der Waals surface area contributed by atoms with Gasteiger partial charge >= 0.3 is 0 Å². The quantitative estimate of drug-likeness (QED) is 0.576. The second-order valence-electron chi connectivity index (χ2n) is 11.8. The van der Waals surface area contributed by atoms with E-state index in [2.05, 4.69) is 21.2 Å². The molecule has 1 spiro atoms. The molecule has 0 aliphatic carbocycles. The van der Waals surface area contributed by atoms with Gasteiger partial charge in [-0.3, -0.25) is 19.3 Å². The van der Waals surface area contributed by atoms with E-state index >= 15 is 0 Å². The summed E-state index contributed by atoms with van der Waals surface area (Å²) in [5, 5.41) is 4.05. The molecule has 39 heavy (non-hydrogen) atoms. The number of carbonyl (C=O) groups excluding carboxylic acids is 3. The summed E-state index contributed by atoms with van der Waals surface area (Å²) < 4.78 is 5.52. The number of likely N-dealkylation sites (N-methyl/N-ethyl adjacent to an activating group) is 1. The minimum Gasteiger partial charge on any atom is -0.381 e. The highest BCUT2D eigenvalue weighted by Crippen LogP contribution is 2.42. The van der Waals surface area contributed by atoms with Crippen LogP contribution < -0.4 is 10.2 Å². The number of piperidine rings is 1. The molecule has 4 saturated heterocycles. The predicted octanol–water partition coefficient (Wildman–Crippen LogP) is 2.38. The topological polar surface area (TPSA) is 85.4 Å². The molecule has 214 valence electrons. The second-order valence-corrected chi connectivity index (χ2v) is 12.2. The number of carbonyl (C=O) groups is 3. The molecule has 0 aromatic heterocycles. The average Bonchev–Trinajstić information content (AvgIpc) is 3.26. The minimum atomic E-state index is -0.841. The normalized spacial score (nSPS) is 25.0. The Kier molecular flexibility index (Phi) is 8.40. The zero-order chi connectivity index (χ0) is 27.6. The third kappa shape index (κ3) is 5.77. The van der Waals surface area contributed by atoms with Gasteiger partial charge in [0.1, 0.15) is 5.54 Å². The van der Waals surface area contributed by atoms with Crippen molar-refractivity contribution in [1.29, 1.82) is 0 Å². The van der Waals surface area contributed by atoms with Gasteiger partial charge in [0, 0.05) is 103 Å². The van der Waals surface area contributed by atoms with Gasteiger partial charge in [0.2, 0.25) is 17.7 Å². The van der Waals surface area contributed by atoms with Crippen molar-refractivity contribution in [3.63, 3.8) is 0 Å². The second kappa shape index (κ2) is 11.6. The standard InChI is InChI=1S/C29H42ClN5O4/c1-22(36)32(2)29(9-18-39-19-10-29)27(38)35-12-7-28(8-13-35)21-24(31-26(28)37)6-11-33-14-16-34(17-15-33)25-5-3-4-23(30)20-25/h3-5,20,24H,6-19,21H2,1-2H3,(H,31,37)/t24-/m0/s1. The van der Waals surface area contributed by atoms with Crippen molar-refractivity contribution < 1.29 is 19.1 Å². The molecule has 1 aromatic rings. The van der Waals surface area contributed by atoms with Crippen LogP contribution >= 0.6 is 11.6 Å². The van der Waals surface area contributed by atoms with E-state index in [4.69, 9.17) is 16.3 Å². The number of nitrogens with one attached hydrogen (secondary N) is 1. The summed E-state index contributed by atoms with van der Waals surface area (Å²) in [6.07, 6.45) is 4.16. The number of rotatable bonds is 6. The fourth-order valence-corrected chi connectivity index (χ4v) is 7.12. The van der Waals surface area contributed by atoms with Crippen molar-refractivity contribution in [3.8, 4) is 0 Å². The summed E-state index contributed by atoms with van der Waals surface area (Å²) in [4.78, 5) is 47.5. The van der Waals surface area contributed by atoms with E-state index in [1.807, 2.05) is 23.1 Å². The molecule has 0 unspecified atom stereocenters. The van der Waals surface area contributed by atoms with Gasteiger partial charge in [0.15, 0.2) is 0 Å². The molecule has 0 radical (unpaired) electrons. The van der Waals surface area contributed by atoms with E-state index in [0.29, 0.717) is 52.0 Å². The van der Waals surface area contributed by atoms with Crippen molar-refractivity contribution >= 4 is 35.0 Å². The smallest absolute Gasteiger partial charge is 0.248 e. The summed E-state index contributed by atoms with van der Waals surface area (Å²) in [6.45, 7) is 8.47. The van der Waals surface area contributed by atoms with Crippen LogP contribution in [-0.4, -0.2) is 110 Å². The highest BCUT2D eigenvalue weighted by molar-refractivity contribution is 6.30. The average molecular weight is 560 g/mol. The molecular weight excluding hydrogens is 518 g/mol. The van der Waals surface area contributed by atoms with E-state index in [9.17, 15) is 14.4 Å². The number of halogens is 1. The molecule has 0 saturated carbocycles. The third-order valence-corrected chi connectivity index (χ3v) is 9.87. The van der Waals surface area contributed by atoms with Crippen LogP contribution in [-0.2, 0) is 19.1 Å². The van der Waals surface area contributed by atoms with E-state index in [-0.39, 0.29) is 29.2 Å².